The summed E-state index contributed by atoms with van der Waals surface area (Å²) in [6.45, 7) is 14.9. The van der Waals surface area contributed by atoms with E-state index in [0.717, 1.165) is 11.6 Å². The Morgan fingerprint density at radius 3 is 2.67 bits per heavy atom. The average Bonchev–Trinajstić information content (AvgIpc) is 2.54. The second kappa shape index (κ2) is 7.94. The van der Waals surface area contributed by atoms with Crippen molar-refractivity contribution in [3.8, 4) is 0 Å². The maximum atomic E-state index is 5.88. The first-order valence-electron chi connectivity index (χ1n) is 10.1. The SMILES string of the molecule is CCC[P+](C)(C1=C(OC)C=CCC1C)C1CCCC(C)(C(C)C)C1. The predicted molar refractivity (Wildman–Crippen MR) is 110 cm³/mol. The van der Waals surface area contributed by atoms with Gasteiger partial charge in [-0.3, -0.25) is 0 Å². The van der Waals surface area contributed by atoms with Gasteiger partial charge in [-0.2, -0.15) is 0 Å². The number of allylic oxidation sites excluding steroid dienone is 3. The van der Waals surface area contributed by atoms with Gasteiger partial charge in [0.1, 0.15) is 5.31 Å². The second-order valence-electron chi connectivity index (χ2n) is 9.04. The van der Waals surface area contributed by atoms with Crippen LogP contribution in [0.2, 0.25) is 0 Å². The summed E-state index contributed by atoms with van der Waals surface area (Å²) in [4.78, 5) is 0. The Kier molecular flexibility index (Phi) is 6.63. The molecule has 2 aliphatic carbocycles. The van der Waals surface area contributed by atoms with Gasteiger partial charge in [-0.05, 0) is 55.9 Å². The van der Waals surface area contributed by atoms with E-state index in [9.17, 15) is 0 Å². The fraction of sp³-hybridized carbons (Fsp3) is 0.818. The Labute approximate surface area is 151 Å². The van der Waals surface area contributed by atoms with Gasteiger partial charge in [-0.25, -0.2) is 0 Å². The zero-order valence-electron chi connectivity index (χ0n) is 17.2. The molecule has 138 valence electrons. The van der Waals surface area contributed by atoms with Gasteiger partial charge in [0.2, 0.25) is 0 Å². The predicted octanol–water partition coefficient (Wildman–Crippen LogP) is 7.10. The first kappa shape index (κ1) is 20.0. The minimum absolute atomic E-state index is 0.527. The largest absolute Gasteiger partial charge is 0.493 e. The molecule has 0 aromatic carbocycles. The van der Waals surface area contributed by atoms with E-state index in [1.165, 1.54) is 50.4 Å². The number of rotatable bonds is 6. The lowest BCUT2D eigenvalue weighted by Gasteiger charge is -2.46. The van der Waals surface area contributed by atoms with Crippen LogP contribution >= 0.6 is 7.26 Å². The topological polar surface area (TPSA) is 9.23 Å². The molecule has 24 heavy (non-hydrogen) atoms. The van der Waals surface area contributed by atoms with Crippen molar-refractivity contribution in [1.29, 1.82) is 0 Å². The highest BCUT2D eigenvalue weighted by molar-refractivity contribution is 7.79. The molecule has 0 aromatic rings. The van der Waals surface area contributed by atoms with Crippen LogP contribution in [0.4, 0.5) is 0 Å². The van der Waals surface area contributed by atoms with E-state index >= 15 is 0 Å². The monoisotopic (exact) mass is 351 g/mol. The van der Waals surface area contributed by atoms with Crippen LogP contribution < -0.4 is 0 Å². The van der Waals surface area contributed by atoms with E-state index in [0.29, 0.717) is 11.3 Å². The molecule has 0 saturated heterocycles. The summed E-state index contributed by atoms with van der Waals surface area (Å²) in [5, 5.41) is 1.72. The number of hydrogen-bond acceptors (Lipinski definition) is 1. The van der Waals surface area contributed by atoms with Crippen LogP contribution in [0.1, 0.15) is 73.1 Å². The zero-order chi connectivity index (χ0) is 18.0. The Bertz CT molecular complexity index is 492. The molecule has 2 rings (SSSR count). The van der Waals surface area contributed by atoms with Crippen LogP contribution in [-0.2, 0) is 4.74 Å². The van der Waals surface area contributed by atoms with E-state index in [-0.39, 0.29) is 0 Å². The molecule has 2 aliphatic rings. The molecule has 2 heteroatoms. The molecule has 0 bridgehead atoms. The molecule has 0 spiro atoms. The first-order chi connectivity index (χ1) is 11.3. The van der Waals surface area contributed by atoms with Crippen molar-refractivity contribution >= 4 is 7.26 Å². The number of hydrogen-bond donors (Lipinski definition) is 0. The zero-order valence-corrected chi connectivity index (χ0v) is 18.1. The summed E-state index contributed by atoms with van der Waals surface area (Å²) in [6.07, 6.45) is 14.1. The molecule has 1 fully saturated rings. The Morgan fingerprint density at radius 1 is 1.38 bits per heavy atom. The number of methoxy groups -OCH3 is 1. The average molecular weight is 352 g/mol. The van der Waals surface area contributed by atoms with E-state index in [2.05, 4.69) is 53.4 Å². The van der Waals surface area contributed by atoms with Crippen LogP contribution in [0.15, 0.2) is 23.2 Å². The molecule has 4 atom stereocenters. The van der Waals surface area contributed by atoms with Crippen molar-refractivity contribution in [2.45, 2.75) is 78.8 Å². The molecule has 0 heterocycles. The van der Waals surface area contributed by atoms with Gasteiger partial charge in [-0.15, -0.1) is 0 Å². The van der Waals surface area contributed by atoms with E-state index in [1.54, 1.807) is 5.31 Å². The Balaban J connectivity index is 2.43. The van der Waals surface area contributed by atoms with Gasteiger partial charge in [0, 0.05) is 13.2 Å². The number of ether oxygens (including phenoxy) is 1. The molecule has 0 radical (unpaired) electrons. The summed E-state index contributed by atoms with van der Waals surface area (Å²) >= 11 is 0. The third-order valence-corrected chi connectivity index (χ3v) is 12.3. The molecule has 0 amide bonds. The minimum Gasteiger partial charge on any atom is -0.493 e. The van der Waals surface area contributed by atoms with Gasteiger partial charge >= 0.3 is 0 Å². The smallest absolute Gasteiger partial charge is 0.156 e. The minimum atomic E-state index is -1.17. The van der Waals surface area contributed by atoms with Gasteiger partial charge in [-0.1, -0.05) is 40.7 Å². The fourth-order valence-corrected chi connectivity index (χ4v) is 10.5. The molecular formula is C22H40OP+. The van der Waals surface area contributed by atoms with Gasteiger partial charge in [0.25, 0.3) is 0 Å². The molecule has 0 N–H and O–H groups in total. The van der Waals surface area contributed by atoms with Crippen molar-refractivity contribution in [2.75, 3.05) is 19.9 Å². The van der Waals surface area contributed by atoms with Gasteiger partial charge in [0.15, 0.2) is 5.76 Å². The lowest BCUT2D eigenvalue weighted by atomic mass is 9.68. The summed E-state index contributed by atoms with van der Waals surface area (Å²) in [6, 6.07) is 0. The maximum Gasteiger partial charge on any atom is 0.156 e. The molecule has 4 unspecified atom stereocenters. The highest BCUT2D eigenvalue weighted by atomic mass is 31.2. The van der Waals surface area contributed by atoms with Crippen molar-refractivity contribution in [3.05, 3.63) is 23.2 Å². The quantitative estimate of drug-likeness (QED) is 0.464. The standard InChI is InChI=1S/C22H40OP/c1-8-15-24(7,21-18(4)11-9-13-20(21)23-6)19-12-10-14-22(5,16-19)17(2)3/h9,13,17-19H,8,10-12,14-16H2,1-7H3/q+1. The molecule has 0 aromatic heterocycles. The molecular weight excluding hydrogens is 311 g/mol. The third kappa shape index (κ3) is 3.77. The third-order valence-electron chi connectivity index (χ3n) is 7.12. The lowest BCUT2D eigenvalue weighted by molar-refractivity contribution is 0.145. The Hall–Kier alpha value is -0.290. The maximum absolute atomic E-state index is 5.88. The van der Waals surface area contributed by atoms with Crippen molar-refractivity contribution in [3.63, 3.8) is 0 Å². The van der Waals surface area contributed by atoms with Crippen molar-refractivity contribution in [1.82, 2.24) is 0 Å². The summed E-state index contributed by atoms with van der Waals surface area (Å²) in [7, 11) is 0.703. The Morgan fingerprint density at radius 2 is 2.08 bits per heavy atom. The van der Waals surface area contributed by atoms with Gasteiger partial charge in [0.05, 0.1) is 25.6 Å². The van der Waals surface area contributed by atoms with E-state index in [4.69, 9.17) is 4.74 Å². The molecule has 0 aliphatic heterocycles. The summed E-state index contributed by atoms with van der Waals surface area (Å²) in [5.74, 6) is 2.65. The van der Waals surface area contributed by atoms with Crippen LogP contribution in [0.3, 0.4) is 0 Å². The van der Waals surface area contributed by atoms with Crippen molar-refractivity contribution < 1.29 is 4.74 Å². The van der Waals surface area contributed by atoms with Crippen LogP contribution in [0.25, 0.3) is 0 Å². The van der Waals surface area contributed by atoms with Crippen LogP contribution in [0.5, 0.6) is 0 Å². The molecule has 1 nitrogen and oxygen atoms in total. The van der Waals surface area contributed by atoms with Gasteiger partial charge < -0.3 is 4.74 Å². The normalized spacial score (nSPS) is 33.7. The van der Waals surface area contributed by atoms with E-state index in [1.807, 2.05) is 7.11 Å². The lowest BCUT2D eigenvalue weighted by Crippen LogP contribution is -2.36. The first-order valence-corrected chi connectivity index (χ1v) is 12.6. The second-order valence-corrected chi connectivity index (χ2v) is 13.2. The van der Waals surface area contributed by atoms with E-state index < -0.39 is 7.26 Å². The molecule has 1 saturated carbocycles. The van der Waals surface area contributed by atoms with Crippen LogP contribution in [0, 0.1) is 17.3 Å². The summed E-state index contributed by atoms with van der Waals surface area (Å²) in [5.41, 5.74) is 1.42. The summed E-state index contributed by atoms with van der Waals surface area (Å²) < 4.78 is 5.88. The highest BCUT2D eigenvalue weighted by Crippen LogP contribution is 2.74. The fourth-order valence-electron chi connectivity index (χ4n) is 5.21. The van der Waals surface area contributed by atoms with Crippen molar-refractivity contribution in [2.24, 2.45) is 17.3 Å². The highest BCUT2D eigenvalue weighted by Gasteiger charge is 2.52. The van der Waals surface area contributed by atoms with Crippen LogP contribution in [-0.4, -0.2) is 25.6 Å².